The number of hydrogen-bond acceptors (Lipinski definition) is 3. The third-order valence-corrected chi connectivity index (χ3v) is 2.78. The van der Waals surface area contributed by atoms with Gasteiger partial charge in [-0.25, -0.2) is 0 Å². The fourth-order valence-corrected chi connectivity index (χ4v) is 1.78. The summed E-state index contributed by atoms with van der Waals surface area (Å²) in [5, 5.41) is 1.02. The average Bonchev–Trinajstić information content (AvgIpc) is 2.43. The molecule has 2 rings (SSSR count). The normalized spacial score (nSPS) is 10.6. The molecule has 0 saturated carbocycles. The highest BCUT2D eigenvalue weighted by Crippen LogP contribution is 2.23. The number of hydrogen-bond donors (Lipinski definition) is 0. The predicted molar refractivity (Wildman–Crippen MR) is 71.6 cm³/mol. The molecule has 1 aromatic heterocycles. The first-order valence-electron chi connectivity index (χ1n) is 5.92. The summed E-state index contributed by atoms with van der Waals surface area (Å²) in [6.07, 6.45) is 1.73. The molecule has 1 amide bonds. The number of para-hydroxylation sites is 1. The van der Waals surface area contributed by atoms with Crippen molar-refractivity contribution in [1.29, 1.82) is 0 Å². The zero-order valence-electron chi connectivity index (χ0n) is 10.6. The van der Waals surface area contributed by atoms with E-state index in [9.17, 15) is 4.79 Å². The number of carbonyl (C=O) groups is 1. The van der Waals surface area contributed by atoms with E-state index in [1.807, 2.05) is 37.3 Å². The highest BCUT2D eigenvalue weighted by molar-refractivity contribution is 6.02. The zero-order chi connectivity index (χ0) is 13.0. The lowest BCUT2D eigenvalue weighted by Crippen LogP contribution is -2.30. The summed E-state index contributed by atoms with van der Waals surface area (Å²) in [6, 6.07) is 9.65. The number of aromatic nitrogens is 1. The van der Waals surface area contributed by atoms with Crippen molar-refractivity contribution in [2.75, 3.05) is 25.2 Å². The molecule has 0 saturated heterocycles. The monoisotopic (exact) mass is 244 g/mol. The van der Waals surface area contributed by atoms with Crippen molar-refractivity contribution in [3.05, 3.63) is 36.5 Å². The molecular formula is C14H16N2O2. The summed E-state index contributed by atoms with van der Waals surface area (Å²) >= 11 is 0. The molecule has 0 aliphatic heterocycles. The van der Waals surface area contributed by atoms with Crippen molar-refractivity contribution in [1.82, 2.24) is 4.98 Å². The lowest BCUT2D eigenvalue weighted by Gasteiger charge is -2.18. The minimum absolute atomic E-state index is 0.0741. The third kappa shape index (κ3) is 2.49. The van der Waals surface area contributed by atoms with Crippen LogP contribution in [0.4, 0.5) is 5.69 Å². The highest BCUT2D eigenvalue weighted by atomic mass is 16.5. The summed E-state index contributed by atoms with van der Waals surface area (Å²) in [4.78, 5) is 17.8. The van der Waals surface area contributed by atoms with Gasteiger partial charge in [-0.2, -0.15) is 0 Å². The van der Waals surface area contributed by atoms with Crippen LogP contribution in [0.2, 0.25) is 0 Å². The number of carbonyl (C=O) groups excluding carboxylic acids is 1. The van der Waals surface area contributed by atoms with Crippen molar-refractivity contribution in [3.8, 4) is 0 Å². The van der Waals surface area contributed by atoms with Crippen molar-refractivity contribution in [3.63, 3.8) is 0 Å². The highest BCUT2D eigenvalue weighted by Gasteiger charge is 2.13. The van der Waals surface area contributed by atoms with Crippen LogP contribution in [0.5, 0.6) is 0 Å². The standard InChI is InChI=1S/C14H16N2O2/c1-3-18-10-13(17)16(2)12-8-4-6-11-7-5-9-15-14(11)12/h4-9H,3,10H2,1-2H3. The molecule has 0 unspecified atom stereocenters. The van der Waals surface area contributed by atoms with Crippen LogP contribution in [0, 0.1) is 0 Å². The summed E-state index contributed by atoms with van der Waals surface area (Å²) in [6.45, 7) is 2.50. The Kier molecular flexibility index (Phi) is 3.89. The van der Waals surface area contributed by atoms with Crippen LogP contribution in [-0.2, 0) is 9.53 Å². The van der Waals surface area contributed by atoms with E-state index in [1.165, 1.54) is 0 Å². The van der Waals surface area contributed by atoms with Crippen molar-refractivity contribution in [2.45, 2.75) is 6.92 Å². The van der Waals surface area contributed by atoms with Crippen LogP contribution >= 0.6 is 0 Å². The molecule has 1 heterocycles. The van der Waals surface area contributed by atoms with Crippen LogP contribution in [0.25, 0.3) is 10.9 Å². The van der Waals surface area contributed by atoms with Gasteiger partial charge in [0.25, 0.3) is 5.91 Å². The fraction of sp³-hybridized carbons (Fsp3) is 0.286. The van der Waals surface area contributed by atoms with Crippen LogP contribution < -0.4 is 4.90 Å². The van der Waals surface area contributed by atoms with Crippen LogP contribution in [0.1, 0.15) is 6.92 Å². The van der Waals surface area contributed by atoms with Crippen molar-refractivity contribution in [2.24, 2.45) is 0 Å². The smallest absolute Gasteiger partial charge is 0.252 e. The molecule has 0 aliphatic rings. The van der Waals surface area contributed by atoms with Gasteiger partial charge < -0.3 is 9.64 Å². The molecule has 0 bridgehead atoms. The molecule has 18 heavy (non-hydrogen) atoms. The number of ether oxygens (including phenoxy) is 1. The zero-order valence-corrected chi connectivity index (χ0v) is 10.6. The molecule has 0 aliphatic carbocycles. The number of anilines is 1. The van der Waals surface area contributed by atoms with E-state index in [4.69, 9.17) is 4.74 Å². The molecule has 94 valence electrons. The fourth-order valence-electron chi connectivity index (χ4n) is 1.78. The maximum absolute atomic E-state index is 11.9. The van der Waals surface area contributed by atoms with Gasteiger partial charge in [0.1, 0.15) is 6.61 Å². The first-order chi connectivity index (χ1) is 8.74. The van der Waals surface area contributed by atoms with Gasteiger partial charge in [0.2, 0.25) is 0 Å². The number of fused-ring (bicyclic) bond motifs is 1. The number of pyridine rings is 1. The van der Waals surface area contributed by atoms with E-state index < -0.39 is 0 Å². The first-order valence-corrected chi connectivity index (χ1v) is 5.92. The Bertz CT molecular complexity index is 549. The Morgan fingerprint density at radius 2 is 2.11 bits per heavy atom. The Hall–Kier alpha value is -1.94. The largest absolute Gasteiger partial charge is 0.372 e. The van der Waals surface area contributed by atoms with Gasteiger partial charge >= 0.3 is 0 Å². The SMILES string of the molecule is CCOCC(=O)N(C)c1cccc2cccnc12. The van der Waals surface area contributed by atoms with Gasteiger partial charge in [-0.15, -0.1) is 0 Å². The van der Waals surface area contributed by atoms with Gasteiger partial charge in [-0.1, -0.05) is 18.2 Å². The first kappa shape index (κ1) is 12.5. The Labute approximate surface area is 106 Å². The van der Waals surface area contributed by atoms with Gasteiger partial charge in [0.05, 0.1) is 11.2 Å². The van der Waals surface area contributed by atoms with E-state index in [2.05, 4.69) is 4.98 Å². The van der Waals surface area contributed by atoms with E-state index in [-0.39, 0.29) is 12.5 Å². The lowest BCUT2D eigenvalue weighted by molar-refractivity contribution is -0.122. The summed E-state index contributed by atoms with van der Waals surface area (Å²) in [5.74, 6) is -0.0741. The van der Waals surface area contributed by atoms with Crippen molar-refractivity contribution >= 4 is 22.5 Å². The maximum Gasteiger partial charge on any atom is 0.252 e. The topological polar surface area (TPSA) is 42.4 Å². The van der Waals surface area contributed by atoms with Gasteiger partial charge in [0.15, 0.2) is 0 Å². The molecule has 4 heteroatoms. The predicted octanol–water partition coefficient (Wildman–Crippen LogP) is 2.23. The molecule has 0 N–H and O–H groups in total. The summed E-state index contributed by atoms with van der Waals surface area (Å²) < 4.78 is 5.14. The summed E-state index contributed by atoms with van der Waals surface area (Å²) in [7, 11) is 1.74. The Balaban J connectivity index is 2.32. The number of nitrogens with zero attached hydrogens (tertiary/aromatic N) is 2. The quantitative estimate of drug-likeness (QED) is 0.828. The number of rotatable bonds is 4. The third-order valence-electron chi connectivity index (χ3n) is 2.78. The second kappa shape index (κ2) is 5.60. The number of benzene rings is 1. The van der Waals surface area contributed by atoms with Gasteiger partial charge in [0, 0.05) is 25.2 Å². The summed E-state index contributed by atoms with van der Waals surface area (Å²) in [5.41, 5.74) is 1.63. The van der Waals surface area contributed by atoms with E-state index in [0.29, 0.717) is 6.61 Å². The molecule has 0 radical (unpaired) electrons. The molecule has 2 aromatic rings. The molecule has 1 aromatic carbocycles. The second-order valence-electron chi connectivity index (χ2n) is 3.94. The number of amides is 1. The number of likely N-dealkylation sites (N-methyl/N-ethyl adjacent to an activating group) is 1. The van der Waals surface area contributed by atoms with Crippen LogP contribution in [0.3, 0.4) is 0 Å². The van der Waals surface area contributed by atoms with Crippen molar-refractivity contribution < 1.29 is 9.53 Å². The second-order valence-corrected chi connectivity index (χ2v) is 3.94. The molecule has 0 spiro atoms. The molecular weight excluding hydrogens is 228 g/mol. The average molecular weight is 244 g/mol. The Morgan fingerprint density at radius 1 is 1.33 bits per heavy atom. The minimum Gasteiger partial charge on any atom is -0.372 e. The minimum atomic E-state index is -0.0741. The van der Waals surface area contributed by atoms with Gasteiger partial charge in [-0.3, -0.25) is 9.78 Å². The molecule has 4 nitrogen and oxygen atoms in total. The van der Waals surface area contributed by atoms with Gasteiger partial charge in [-0.05, 0) is 19.1 Å². The van der Waals surface area contributed by atoms with E-state index in [0.717, 1.165) is 16.6 Å². The van der Waals surface area contributed by atoms with Crippen LogP contribution in [0.15, 0.2) is 36.5 Å². The molecule has 0 fully saturated rings. The van der Waals surface area contributed by atoms with Crippen LogP contribution in [-0.4, -0.2) is 31.2 Å². The van der Waals surface area contributed by atoms with E-state index >= 15 is 0 Å². The maximum atomic E-state index is 11.9. The Morgan fingerprint density at radius 3 is 2.89 bits per heavy atom. The lowest BCUT2D eigenvalue weighted by atomic mass is 10.2. The molecule has 0 atom stereocenters. The van der Waals surface area contributed by atoms with E-state index in [1.54, 1.807) is 18.1 Å².